The van der Waals surface area contributed by atoms with Crippen molar-refractivity contribution >= 4 is 5.97 Å². The van der Waals surface area contributed by atoms with E-state index in [1.807, 2.05) is 0 Å². The second kappa shape index (κ2) is 2.58. The minimum Gasteiger partial charge on any atom is -0.468 e. The normalized spacial score (nSPS) is 13.0. The van der Waals surface area contributed by atoms with Crippen LogP contribution in [0.5, 0.6) is 0 Å². The zero-order valence-electron chi connectivity index (χ0n) is 4.47. The number of rotatable bonds is 1. The molecule has 1 unspecified atom stereocenters. The maximum atomic E-state index is 10.2. The van der Waals surface area contributed by atoms with E-state index < -0.39 is 6.04 Å². The number of methoxy groups -OCH3 is 1. The minimum atomic E-state index is -0.495. The Labute approximate surface area is 43.9 Å². The fourth-order valence-electron chi connectivity index (χ4n) is 0.186. The number of hydrogen-bond donors (Lipinski definition) is 1. The van der Waals surface area contributed by atoms with Gasteiger partial charge in [-0.05, 0) is 6.92 Å². The van der Waals surface area contributed by atoms with Crippen LogP contribution in [0.2, 0.25) is 0 Å². The van der Waals surface area contributed by atoms with Gasteiger partial charge in [-0.25, -0.2) is 0 Å². The molecule has 7 heavy (non-hydrogen) atoms. The summed E-state index contributed by atoms with van der Waals surface area (Å²) in [5, 5.41) is 0. The number of nitrogens with two attached hydrogens (primary N) is 1. The van der Waals surface area contributed by atoms with Gasteiger partial charge in [-0.2, -0.15) is 0 Å². The van der Waals surface area contributed by atoms with Crippen molar-refractivity contribution in [2.75, 3.05) is 7.11 Å². The summed E-state index contributed by atoms with van der Waals surface area (Å²) in [5.74, 6) is -0.375. The molecule has 0 aliphatic heterocycles. The van der Waals surface area contributed by atoms with Crippen LogP contribution in [0, 0.1) is 0 Å². The highest BCUT2D eigenvalue weighted by Gasteiger charge is 2.03. The molecule has 0 radical (unpaired) electrons. The maximum absolute atomic E-state index is 10.2. The predicted octanol–water partition coefficient (Wildman–Crippen LogP) is -0.247. The van der Waals surface area contributed by atoms with E-state index in [0.717, 1.165) is 0 Å². The van der Waals surface area contributed by atoms with Crippen LogP contribution < -0.4 is 5.73 Å². The lowest BCUT2D eigenvalue weighted by Gasteiger charge is -1.98. The number of carbonyl (C=O) groups excluding carboxylic acids is 1. The third kappa shape index (κ3) is 2.17. The summed E-state index contributed by atoms with van der Waals surface area (Å²) in [6.07, 6.45) is 0. The van der Waals surface area contributed by atoms with Crippen LogP contribution in [0.1, 0.15) is 8.35 Å². The molecule has 0 aromatic heterocycles. The van der Waals surface area contributed by atoms with Crippen LogP contribution in [0.4, 0.5) is 0 Å². The monoisotopic (exact) mass is 105 g/mol. The van der Waals surface area contributed by atoms with Crippen molar-refractivity contribution in [2.45, 2.75) is 13.0 Å². The van der Waals surface area contributed by atoms with Crippen LogP contribution >= 0.6 is 0 Å². The Kier molecular flexibility index (Phi) is 2.37. The summed E-state index contributed by atoms with van der Waals surface area (Å²) in [6.45, 7) is 1.58. The van der Waals surface area contributed by atoms with E-state index in [-0.39, 0.29) is 7.40 Å². The number of esters is 1. The van der Waals surface area contributed by atoms with Crippen LogP contribution in [-0.2, 0) is 9.53 Å². The second-order valence-corrected chi connectivity index (χ2v) is 1.31. The average Bonchev–Trinajstić information content (AvgIpc) is 1.65. The van der Waals surface area contributed by atoms with Crippen molar-refractivity contribution in [1.82, 2.24) is 0 Å². The first-order valence-electron chi connectivity index (χ1n) is 2.02. The zero-order chi connectivity index (χ0) is 5.86. The van der Waals surface area contributed by atoms with Gasteiger partial charge in [0.25, 0.3) is 0 Å². The zero-order valence-corrected chi connectivity index (χ0v) is 4.47. The predicted molar refractivity (Wildman–Crippen MR) is 27.8 cm³/mol. The second-order valence-electron chi connectivity index (χ2n) is 1.31. The van der Waals surface area contributed by atoms with E-state index in [2.05, 4.69) is 4.74 Å². The van der Waals surface area contributed by atoms with Gasteiger partial charge in [0.05, 0.1) is 7.11 Å². The molecule has 0 saturated carbocycles. The molecular weight excluding hydrogens is 94.0 g/mol. The third-order valence-electron chi connectivity index (χ3n) is 0.573. The first kappa shape index (κ1) is 6.43. The summed E-state index contributed by atoms with van der Waals surface area (Å²) in [5.41, 5.74) is 5.07. The Morgan fingerprint density at radius 2 is 2.43 bits per heavy atom. The molecule has 0 heterocycles. The summed E-state index contributed by atoms with van der Waals surface area (Å²) < 4.78 is 4.25. The molecule has 0 rings (SSSR count). The maximum Gasteiger partial charge on any atom is 0.322 e. The molecule has 0 aliphatic carbocycles. The molecule has 0 bridgehead atoms. The van der Waals surface area contributed by atoms with E-state index in [4.69, 9.17) is 5.73 Å². The van der Waals surface area contributed by atoms with Crippen molar-refractivity contribution in [3.05, 3.63) is 0 Å². The van der Waals surface area contributed by atoms with Crippen LogP contribution in [-0.4, -0.2) is 19.1 Å². The van der Waals surface area contributed by atoms with Gasteiger partial charge >= 0.3 is 5.97 Å². The topological polar surface area (TPSA) is 52.3 Å². The van der Waals surface area contributed by atoms with Crippen molar-refractivity contribution < 1.29 is 11.0 Å². The van der Waals surface area contributed by atoms with Gasteiger partial charge < -0.3 is 10.5 Å². The summed E-state index contributed by atoms with van der Waals surface area (Å²) in [6, 6.07) is -0.495. The quantitative estimate of drug-likeness (QED) is 0.468. The van der Waals surface area contributed by atoms with Crippen LogP contribution in [0.15, 0.2) is 0 Å². The van der Waals surface area contributed by atoms with Crippen LogP contribution in [0.3, 0.4) is 0 Å². The lowest BCUT2D eigenvalue weighted by Crippen LogP contribution is -2.27. The van der Waals surface area contributed by atoms with Crippen molar-refractivity contribution in [2.24, 2.45) is 5.73 Å². The smallest absolute Gasteiger partial charge is 0.322 e. The van der Waals surface area contributed by atoms with E-state index >= 15 is 0 Å². The number of hydrogen-bond acceptors (Lipinski definition) is 3. The molecule has 1 atom stereocenters. The van der Waals surface area contributed by atoms with Gasteiger partial charge in [0, 0.05) is 1.43 Å². The fourth-order valence-corrected chi connectivity index (χ4v) is 0.186. The van der Waals surface area contributed by atoms with Crippen molar-refractivity contribution in [1.29, 1.82) is 0 Å². The molecule has 3 heteroatoms. The molecule has 0 fully saturated rings. The third-order valence-corrected chi connectivity index (χ3v) is 0.573. The minimum absolute atomic E-state index is 0. The molecule has 0 aliphatic rings. The van der Waals surface area contributed by atoms with Gasteiger partial charge in [0.2, 0.25) is 0 Å². The van der Waals surface area contributed by atoms with Crippen molar-refractivity contribution in [3.8, 4) is 0 Å². The van der Waals surface area contributed by atoms with Gasteiger partial charge in [-0.1, -0.05) is 0 Å². The molecular formula is C4H11NO2. The molecule has 0 spiro atoms. The summed E-state index contributed by atoms with van der Waals surface area (Å²) in [4.78, 5) is 10.2. The van der Waals surface area contributed by atoms with Crippen molar-refractivity contribution in [3.63, 3.8) is 0 Å². The Morgan fingerprint density at radius 3 is 2.43 bits per heavy atom. The number of ether oxygens (including phenoxy) is 1. The lowest BCUT2D eigenvalue weighted by molar-refractivity contribution is -0.141. The van der Waals surface area contributed by atoms with Gasteiger partial charge in [0.1, 0.15) is 6.04 Å². The largest absolute Gasteiger partial charge is 0.468 e. The van der Waals surface area contributed by atoms with E-state index in [1.54, 1.807) is 6.92 Å². The summed E-state index contributed by atoms with van der Waals surface area (Å²) in [7, 11) is 1.31. The SMILES string of the molecule is COC(=O)C(C)N.[HH]. The highest BCUT2D eigenvalue weighted by atomic mass is 16.5. The molecule has 44 valence electrons. The van der Waals surface area contributed by atoms with E-state index in [0.29, 0.717) is 0 Å². The van der Waals surface area contributed by atoms with Gasteiger partial charge in [0.15, 0.2) is 0 Å². The highest BCUT2D eigenvalue weighted by Crippen LogP contribution is 1.76. The average molecular weight is 105 g/mol. The lowest BCUT2D eigenvalue weighted by atomic mass is 10.4. The molecule has 2 N–H and O–H groups in total. The first-order chi connectivity index (χ1) is 3.18. The molecule has 0 amide bonds. The Morgan fingerprint density at radius 1 is 2.00 bits per heavy atom. The first-order valence-corrected chi connectivity index (χ1v) is 2.02. The van der Waals surface area contributed by atoms with E-state index in [1.165, 1.54) is 7.11 Å². The molecule has 0 aromatic carbocycles. The standard InChI is InChI=1S/C4H9NO2.H2/c1-3(5)4(6)7-2;/h3H,5H2,1-2H3;1H. The van der Waals surface area contributed by atoms with E-state index in [9.17, 15) is 4.79 Å². The Bertz CT molecular complexity index is 74.4. The molecule has 3 nitrogen and oxygen atoms in total. The number of carbonyl (C=O) groups is 1. The van der Waals surface area contributed by atoms with Gasteiger partial charge in [-0.15, -0.1) is 0 Å². The summed E-state index contributed by atoms with van der Waals surface area (Å²) >= 11 is 0. The fraction of sp³-hybridized carbons (Fsp3) is 0.750. The Hall–Kier alpha value is -0.570. The van der Waals surface area contributed by atoms with Crippen LogP contribution in [0.25, 0.3) is 0 Å². The molecule has 0 aromatic rings. The highest BCUT2D eigenvalue weighted by molar-refractivity contribution is 5.74. The molecule has 0 saturated heterocycles. The van der Waals surface area contributed by atoms with Gasteiger partial charge in [-0.3, -0.25) is 4.79 Å². The Balaban J connectivity index is 0.